The molecule has 138 valence electrons. The summed E-state index contributed by atoms with van der Waals surface area (Å²) < 4.78 is 0. The number of hydrogen-bond acceptors (Lipinski definition) is 3. The van der Waals surface area contributed by atoms with Gasteiger partial charge in [-0.1, -0.05) is 24.3 Å². The highest BCUT2D eigenvalue weighted by Crippen LogP contribution is 2.52. The van der Waals surface area contributed by atoms with Crippen molar-refractivity contribution in [3.8, 4) is 0 Å². The Labute approximate surface area is 160 Å². The number of amides is 1. The number of carbonyl (C=O) groups is 1. The fraction of sp³-hybridized carbons (Fsp3) is 0.500. The molecule has 0 saturated carbocycles. The number of nitrogens with zero attached hydrogens (tertiary/aromatic N) is 2. The minimum atomic E-state index is 0.247. The fourth-order valence-corrected chi connectivity index (χ4v) is 5.52. The molecule has 1 aromatic carbocycles. The van der Waals surface area contributed by atoms with Crippen molar-refractivity contribution in [2.24, 2.45) is 0 Å². The summed E-state index contributed by atoms with van der Waals surface area (Å²) in [6, 6.07) is 11.1. The van der Waals surface area contributed by atoms with E-state index in [0.717, 1.165) is 26.1 Å². The van der Waals surface area contributed by atoms with Crippen LogP contribution in [0, 0.1) is 0 Å². The van der Waals surface area contributed by atoms with E-state index in [0.29, 0.717) is 12.3 Å². The van der Waals surface area contributed by atoms with E-state index in [4.69, 9.17) is 0 Å². The first-order chi connectivity index (χ1) is 12.6. The van der Waals surface area contributed by atoms with Crippen LogP contribution in [0.4, 0.5) is 0 Å². The van der Waals surface area contributed by atoms with Crippen molar-refractivity contribution in [1.29, 1.82) is 0 Å². The van der Waals surface area contributed by atoms with Crippen molar-refractivity contribution in [2.75, 3.05) is 27.2 Å². The molecule has 0 radical (unpaired) electrons. The minimum absolute atomic E-state index is 0.247. The van der Waals surface area contributed by atoms with E-state index in [1.807, 2.05) is 14.1 Å². The van der Waals surface area contributed by atoms with Gasteiger partial charge in [-0.15, -0.1) is 0 Å². The molecule has 2 aliphatic rings. The Morgan fingerprint density at radius 3 is 2.69 bits per heavy atom. The van der Waals surface area contributed by atoms with Gasteiger partial charge in [0.15, 0.2) is 0 Å². The lowest BCUT2D eigenvalue weighted by atomic mass is 9.73. The lowest BCUT2D eigenvalue weighted by Gasteiger charge is -2.40. The molecular formula is C22H28N2OS. The fourth-order valence-electron chi connectivity index (χ4n) is 4.86. The summed E-state index contributed by atoms with van der Waals surface area (Å²) in [5.41, 5.74) is 4.66. The van der Waals surface area contributed by atoms with Gasteiger partial charge in [-0.05, 0) is 77.2 Å². The molecule has 0 N–H and O–H groups in total. The maximum Gasteiger partial charge on any atom is 0.222 e. The summed E-state index contributed by atoms with van der Waals surface area (Å²) in [5, 5.41) is 4.43. The molecule has 1 atom stereocenters. The molecule has 1 aromatic heterocycles. The van der Waals surface area contributed by atoms with Gasteiger partial charge in [0, 0.05) is 27.1 Å². The number of likely N-dealkylation sites (tertiary alicyclic amines) is 1. The zero-order valence-electron chi connectivity index (χ0n) is 15.8. The predicted molar refractivity (Wildman–Crippen MR) is 108 cm³/mol. The van der Waals surface area contributed by atoms with Crippen molar-refractivity contribution < 1.29 is 4.79 Å². The molecule has 26 heavy (non-hydrogen) atoms. The summed E-state index contributed by atoms with van der Waals surface area (Å²) in [5.74, 6) is 0.626. The van der Waals surface area contributed by atoms with Crippen LogP contribution in [-0.4, -0.2) is 42.9 Å². The second-order valence-electron chi connectivity index (χ2n) is 8.17. The van der Waals surface area contributed by atoms with Crippen molar-refractivity contribution in [3.63, 3.8) is 0 Å². The first kappa shape index (κ1) is 17.7. The molecule has 1 saturated heterocycles. The molecule has 3 nitrogen and oxygen atoms in total. The van der Waals surface area contributed by atoms with Crippen molar-refractivity contribution in [3.05, 3.63) is 57.8 Å². The third-order valence-corrected chi connectivity index (χ3v) is 7.06. The normalized spacial score (nSPS) is 21.7. The topological polar surface area (TPSA) is 23.6 Å². The van der Waals surface area contributed by atoms with E-state index in [-0.39, 0.29) is 11.3 Å². The van der Waals surface area contributed by atoms with Gasteiger partial charge in [0.05, 0.1) is 0 Å². The van der Waals surface area contributed by atoms with Crippen LogP contribution < -0.4 is 0 Å². The first-order valence-electron chi connectivity index (χ1n) is 9.60. The molecule has 1 aliphatic carbocycles. The van der Waals surface area contributed by atoms with E-state index >= 15 is 0 Å². The average molecular weight is 369 g/mol. The maximum atomic E-state index is 12.3. The zero-order chi connectivity index (χ0) is 18.1. The SMILES string of the molecule is CN(C)C(=O)C[C@@H]1CC2(CCN(Cc3ccsc3)CC2)c2ccccc21. The van der Waals surface area contributed by atoms with Crippen LogP contribution in [0.5, 0.6) is 0 Å². The molecule has 4 rings (SSSR count). The molecule has 2 heterocycles. The molecule has 2 aromatic rings. The number of hydrogen-bond donors (Lipinski definition) is 0. The van der Waals surface area contributed by atoms with Gasteiger partial charge in [-0.3, -0.25) is 9.69 Å². The van der Waals surface area contributed by atoms with E-state index in [1.165, 1.54) is 29.5 Å². The highest BCUT2D eigenvalue weighted by Gasteiger charge is 2.45. The Bertz CT molecular complexity index is 760. The minimum Gasteiger partial charge on any atom is -0.349 e. The van der Waals surface area contributed by atoms with Gasteiger partial charge in [0.25, 0.3) is 0 Å². The Kier molecular flexibility index (Phi) is 4.89. The second kappa shape index (κ2) is 7.16. The summed E-state index contributed by atoms with van der Waals surface area (Å²) in [7, 11) is 3.73. The summed E-state index contributed by atoms with van der Waals surface area (Å²) >= 11 is 1.78. The molecule has 1 amide bonds. The first-order valence-corrected chi connectivity index (χ1v) is 10.5. The molecule has 0 unspecified atom stereocenters. The molecule has 1 spiro atoms. The van der Waals surface area contributed by atoms with Crippen molar-refractivity contribution in [2.45, 2.75) is 43.6 Å². The lowest BCUT2D eigenvalue weighted by molar-refractivity contribution is -0.129. The average Bonchev–Trinajstić information content (AvgIpc) is 3.25. The third kappa shape index (κ3) is 3.33. The molecule has 1 fully saturated rings. The van der Waals surface area contributed by atoms with E-state index in [1.54, 1.807) is 16.2 Å². The van der Waals surface area contributed by atoms with Gasteiger partial charge in [-0.2, -0.15) is 11.3 Å². The second-order valence-corrected chi connectivity index (χ2v) is 8.95. The highest BCUT2D eigenvalue weighted by atomic mass is 32.1. The van der Waals surface area contributed by atoms with Crippen LogP contribution >= 0.6 is 11.3 Å². The van der Waals surface area contributed by atoms with Crippen LogP contribution in [0.2, 0.25) is 0 Å². The Balaban J connectivity index is 1.49. The van der Waals surface area contributed by atoms with E-state index in [9.17, 15) is 4.79 Å². The van der Waals surface area contributed by atoms with Crippen LogP contribution in [0.25, 0.3) is 0 Å². The maximum absolute atomic E-state index is 12.3. The van der Waals surface area contributed by atoms with Crippen LogP contribution in [-0.2, 0) is 16.8 Å². The molecule has 1 aliphatic heterocycles. The van der Waals surface area contributed by atoms with Gasteiger partial charge in [0.1, 0.15) is 0 Å². The van der Waals surface area contributed by atoms with Gasteiger partial charge in [-0.25, -0.2) is 0 Å². The smallest absolute Gasteiger partial charge is 0.222 e. The van der Waals surface area contributed by atoms with Crippen molar-refractivity contribution in [1.82, 2.24) is 9.80 Å². The largest absolute Gasteiger partial charge is 0.349 e. The molecular weight excluding hydrogens is 340 g/mol. The highest BCUT2D eigenvalue weighted by molar-refractivity contribution is 7.07. The van der Waals surface area contributed by atoms with Gasteiger partial charge < -0.3 is 4.90 Å². The standard InChI is InChI=1S/C22H28N2OS/c1-23(2)21(25)13-18-14-22(20-6-4-3-5-19(18)20)8-10-24(11-9-22)15-17-7-12-26-16-17/h3-7,12,16,18H,8-11,13-15H2,1-2H3/t18-/m1/s1. The van der Waals surface area contributed by atoms with Crippen molar-refractivity contribution >= 4 is 17.2 Å². The predicted octanol–water partition coefficient (Wildman–Crippen LogP) is 4.25. The molecule has 0 bridgehead atoms. The Hall–Kier alpha value is -1.65. The lowest BCUT2D eigenvalue weighted by Crippen LogP contribution is -2.41. The van der Waals surface area contributed by atoms with Gasteiger partial charge in [0.2, 0.25) is 5.91 Å². The Morgan fingerprint density at radius 2 is 2.00 bits per heavy atom. The number of thiophene rings is 1. The third-order valence-electron chi connectivity index (χ3n) is 6.33. The summed E-state index contributed by atoms with van der Waals surface area (Å²) in [6.07, 6.45) is 4.20. The van der Waals surface area contributed by atoms with Gasteiger partial charge >= 0.3 is 0 Å². The number of piperidine rings is 1. The Morgan fingerprint density at radius 1 is 1.23 bits per heavy atom. The monoisotopic (exact) mass is 368 g/mol. The number of rotatable bonds is 4. The van der Waals surface area contributed by atoms with Crippen LogP contribution in [0.3, 0.4) is 0 Å². The number of carbonyl (C=O) groups excluding carboxylic acids is 1. The van der Waals surface area contributed by atoms with E-state index < -0.39 is 0 Å². The zero-order valence-corrected chi connectivity index (χ0v) is 16.6. The van der Waals surface area contributed by atoms with Crippen LogP contribution in [0.1, 0.15) is 48.3 Å². The number of benzene rings is 1. The number of fused-ring (bicyclic) bond motifs is 2. The quantitative estimate of drug-likeness (QED) is 0.805. The molecule has 4 heteroatoms. The summed E-state index contributed by atoms with van der Waals surface area (Å²) in [6.45, 7) is 3.38. The van der Waals surface area contributed by atoms with E-state index in [2.05, 4.69) is 46.0 Å². The summed E-state index contributed by atoms with van der Waals surface area (Å²) in [4.78, 5) is 16.7. The van der Waals surface area contributed by atoms with Crippen LogP contribution in [0.15, 0.2) is 41.1 Å².